The van der Waals surface area contributed by atoms with Crippen LogP contribution < -0.4 is 0 Å². The number of hydrogen-bond acceptors (Lipinski definition) is 6. The third-order valence-electron chi connectivity index (χ3n) is 9.20. The van der Waals surface area contributed by atoms with Gasteiger partial charge >= 0.3 is 5.97 Å². The number of rotatable bonds is 6. The molecule has 36 heavy (non-hydrogen) atoms. The van der Waals surface area contributed by atoms with Gasteiger partial charge in [0.1, 0.15) is 11.8 Å². The van der Waals surface area contributed by atoms with Gasteiger partial charge in [0, 0.05) is 29.6 Å². The summed E-state index contributed by atoms with van der Waals surface area (Å²) < 4.78 is 12.6. The lowest BCUT2D eigenvalue weighted by atomic mass is 9.49. The summed E-state index contributed by atoms with van der Waals surface area (Å²) in [6.45, 7) is 5.82. The fourth-order valence-corrected chi connectivity index (χ4v) is 8.10. The van der Waals surface area contributed by atoms with Crippen molar-refractivity contribution in [3.8, 4) is 5.82 Å². The number of Topliss-reactive ketones (excluding diaryl/α,β-unsaturated/α-hetero) is 1. The fourth-order valence-electron chi connectivity index (χ4n) is 8.10. The standard InChI is InChI=1S/C28H35N3O5/c1-16-7-22(18(3)31(16)25-8-17(2)36-29-25)24(32)15-35-26(33)23-5-4-6-30(23)27(34)28-12-19-9-20(13-28)11-21(10-19)14-28/h7-8,19-21,23H,4-6,9-15H2,1-3H3. The monoisotopic (exact) mass is 493 g/mol. The highest BCUT2D eigenvalue weighted by molar-refractivity contribution is 6.00. The normalized spacial score (nSPS) is 30.7. The summed E-state index contributed by atoms with van der Waals surface area (Å²) in [7, 11) is 0. The summed E-state index contributed by atoms with van der Waals surface area (Å²) in [6.07, 6.45) is 8.17. The second-order valence-electron chi connectivity index (χ2n) is 11.8. The molecule has 0 aromatic carbocycles. The number of ketones is 1. The SMILES string of the molecule is Cc1cc(-n2c(C)cc(C(=O)COC(=O)C3CCCN3C(=O)C34CC5CC(CC(C5)C3)C4)c2C)no1. The van der Waals surface area contributed by atoms with E-state index in [-0.39, 0.29) is 23.7 Å². The van der Waals surface area contributed by atoms with Gasteiger partial charge in [-0.2, -0.15) is 0 Å². The molecular weight excluding hydrogens is 458 g/mol. The van der Waals surface area contributed by atoms with Crippen LogP contribution in [0.5, 0.6) is 0 Å². The van der Waals surface area contributed by atoms with E-state index in [2.05, 4.69) is 5.16 Å². The second kappa shape index (κ2) is 8.60. The van der Waals surface area contributed by atoms with Crippen molar-refractivity contribution in [1.82, 2.24) is 14.6 Å². The van der Waals surface area contributed by atoms with Crippen LogP contribution >= 0.6 is 0 Å². The number of amides is 1. The van der Waals surface area contributed by atoms with Crippen LogP contribution in [0.2, 0.25) is 0 Å². The Hall–Kier alpha value is -2.90. The van der Waals surface area contributed by atoms with E-state index in [4.69, 9.17) is 9.26 Å². The Morgan fingerprint density at radius 2 is 1.72 bits per heavy atom. The van der Waals surface area contributed by atoms with Crippen LogP contribution in [-0.4, -0.2) is 51.5 Å². The molecule has 5 aliphatic rings. The van der Waals surface area contributed by atoms with Crippen LogP contribution in [0.4, 0.5) is 0 Å². The summed E-state index contributed by atoms with van der Waals surface area (Å²) in [5.41, 5.74) is 1.79. The molecule has 4 aliphatic carbocycles. The maximum Gasteiger partial charge on any atom is 0.329 e. The van der Waals surface area contributed by atoms with Crippen LogP contribution in [0.1, 0.15) is 78.9 Å². The Morgan fingerprint density at radius 1 is 1.06 bits per heavy atom. The van der Waals surface area contributed by atoms with Gasteiger partial charge in [-0.1, -0.05) is 5.16 Å². The minimum absolute atomic E-state index is 0.166. The number of aromatic nitrogens is 2. The van der Waals surface area contributed by atoms with Gasteiger partial charge in [0.05, 0.1) is 5.41 Å². The van der Waals surface area contributed by atoms with E-state index in [1.165, 1.54) is 19.3 Å². The van der Waals surface area contributed by atoms with Crippen molar-refractivity contribution < 1.29 is 23.6 Å². The molecule has 7 rings (SSSR count). The van der Waals surface area contributed by atoms with Crippen molar-refractivity contribution in [3.63, 3.8) is 0 Å². The Kier molecular flexibility index (Phi) is 5.61. The van der Waals surface area contributed by atoms with Crippen molar-refractivity contribution in [2.45, 2.75) is 78.2 Å². The molecule has 2 aromatic heterocycles. The first kappa shape index (κ1) is 23.5. The van der Waals surface area contributed by atoms with E-state index in [0.29, 0.717) is 47.9 Å². The predicted octanol–water partition coefficient (Wildman–Crippen LogP) is 4.32. The molecule has 192 valence electrons. The second-order valence-corrected chi connectivity index (χ2v) is 11.8. The van der Waals surface area contributed by atoms with Crippen LogP contribution in [0.25, 0.3) is 5.82 Å². The molecule has 0 spiro atoms. The van der Waals surface area contributed by atoms with Crippen molar-refractivity contribution in [3.05, 3.63) is 34.8 Å². The van der Waals surface area contributed by atoms with Gasteiger partial charge in [0.15, 0.2) is 12.4 Å². The van der Waals surface area contributed by atoms with E-state index in [1.807, 2.05) is 31.4 Å². The molecule has 1 unspecified atom stereocenters. The topological polar surface area (TPSA) is 94.6 Å². The van der Waals surface area contributed by atoms with Gasteiger partial charge in [-0.3, -0.25) is 14.2 Å². The number of carbonyl (C=O) groups excluding carboxylic acids is 3. The first-order valence-corrected chi connectivity index (χ1v) is 13.4. The third-order valence-corrected chi connectivity index (χ3v) is 9.20. The number of esters is 1. The summed E-state index contributed by atoms with van der Waals surface area (Å²) in [5, 5.41) is 4.05. The minimum atomic E-state index is -0.580. The van der Waals surface area contributed by atoms with E-state index in [0.717, 1.165) is 37.1 Å². The predicted molar refractivity (Wildman–Crippen MR) is 131 cm³/mol. The minimum Gasteiger partial charge on any atom is -0.456 e. The first-order valence-electron chi connectivity index (χ1n) is 13.4. The lowest BCUT2D eigenvalue weighted by Gasteiger charge is -2.56. The molecule has 5 fully saturated rings. The van der Waals surface area contributed by atoms with Crippen LogP contribution in [-0.2, 0) is 14.3 Å². The van der Waals surface area contributed by atoms with Gasteiger partial charge in [0.2, 0.25) is 11.7 Å². The maximum atomic E-state index is 13.8. The zero-order valence-corrected chi connectivity index (χ0v) is 21.4. The quantitative estimate of drug-likeness (QED) is 0.439. The van der Waals surface area contributed by atoms with Gasteiger partial charge in [-0.25, -0.2) is 4.79 Å². The van der Waals surface area contributed by atoms with E-state index in [1.54, 1.807) is 11.0 Å². The van der Waals surface area contributed by atoms with Crippen molar-refractivity contribution >= 4 is 17.7 Å². The van der Waals surface area contributed by atoms with E-state index >= 15 is 0 Å². The summed E-state index contributed by atoms with van der Waals surface area (Å²) >= 11 is 0. The molecule has 3 heterocycles. The average molecular weight is 494 g/mol. The molecule has 2 aromatic rings. The number of nitrogens with zero attached hydrogens (tertiary/aromatic N) is 3. The zero-order chi connectivity index (χ0) is 25.2. The highest BCUT2D eigenvalue weighted by atomic mass is 16.5. The zero-order valence-electron chi connectivity index (χ0n) is 21.4. The molecule has 0 N–H and O–H groups in total. The highest BCUT2D eigenvalue weighted by Crippen LogP contribution is 2.60. The summed E-state index contributed by atoms with van der Waals surface area (Å²) in [6, 6.07) is 3.02. The molecule has 0 radical (unpaired) electrons. The third kappa shape index (κ3) is 3.80. The van der Waals surface area contributed by atoms with Gasteiger partial charge < -0.3 is 14.2 Å². The number of likely N-dealkylation sites (tertiary alicyclic amines) is 1. The van der Waals surface area contributed by atoms with Crippen molar-refractivity contribution in [1.29, 1.82) is 0 Å². The van der Waals surface area contributed by atoms with E-state index < -0.39 is 12.0 Å². The number of aryl methyl sites for hydroxylation is 2. The fraction of sp³-hybridized carbons (Fsp3) is 0.643. The molecule has 8 heteroatoms. The first-order chi connectivity index (χ1) is 17.2. The molecule has 4 bridgehead atoms. The van der Waals surface area contributed by atoms with Crippen LogP contribution in [0.15, 0.2) is 16.7 Å². The Balaban J connectivity index is 1.12. The van der Waals surface area contributed by atoms with Crippen molar-refractivity contribution in [2.75, 3.05) is 13.2 Å². The smallest absolute Gasteiger partial charge is 0.329 e. The average Bonchev–Trinajstić information content (AvgIpc) is 3.55. The molecule has 1 aliphatic heterocycles. The lowest BCUT2D eigenvalue weighted by Crippen LogP contribution is -2.56. The Labute approximate surface area is 211 Å². The highest BCUT2D eigenvalue weighted by Gasteiger charge is 2.57. The number of ether oxygens (including phenoxy) is 1. The molecule has 1 saturated heterocycles. The van der Waals surface area contributed by atoms with E-state index in [9.17, 15) is 14.4 Å². The van der Waals surface area contributed by atoms with Gasteiger partial charge in [-0.05, 0) is 96.0 Å². The van der Waals surface area contributed by atoms with Crippen molar-refractivity contribution in [2.24, 2.45) is 23.2 Å². The molecule has 1 amide bonds. The molecule has 1 atom stereocenters. The maximum absolute atomic E-state index is 13.8. The lowest BCUT2D eigenvalue weighted by molar-refractivity contribution is -0.165. The molecule has 4 saturated carbocycles. The van der Waals surface area contributed by atoms with Gasteiger partial charge in [-0.15, -0.1) is 0 Å². The Bertz CT molecular complexity index is 1190. The summed E-state index contributed by atoms with van der Waals surface area (Å²) in [4.78, 5) is 41.7. The molecule has 8 nitrogen and oxygen atoms in total. The number of carbonyl (C=O) groups is 3. The Morgan fingerprint density at radius 3 is 2.33 bits per heavy atom. The van der Waals surface area contributed by atoms with Gasteiger partial charge in [0.25, 0.3) is 0 Å². The largest absolute Gasteiger partial charge is 0.456 e. The molecular formula is C28H35N3O5. The van der Waals surface area contributed by atoms with Crippen LogP contribution in [0.3, 0.4) is 0 Å². The van der Waals surface area contributed by atoms with Crippen LogP contribution in [0, 0.1) is 43.9 Å². The number of hydrogen-bond donors (Lipinski definition) is 0. The summed E-state index contributed by atoms with van der Waals surface area (Å²) in [5.74, 6) is 2.76.